The number of carbonyl (C=O) groups is 1. The molecule has 2 rings (SSSR count). The normalized spacial score (nSPS) is 24.2. The lowest BCUT2D eigenvalue weighted by Crippen LogP contribution is -2.48. The number of hydrogen-bond acceptors (Lipinski definition) is 2. The van der Waals surface area contributed by atoms with Crippen LogP contribution in [0.25, 0.3) is 0 Å². The first-order valence-electron chi connectivity index (χ1n) is 7.98. The lowest BCUT2D eigenvalue weighted by Gasteiger charge is -2.36. The SMILES string of the molecule is CNC1(CC(=O)NCC2(C(C)C)CC2)CCCCC1. The molecule has 0 bridgehead atoms. The average Bonchev–Trinajstić information content (AvgIpc) is 3.19. The van der Waals surface area contributed by atoms with Gasteiger partial charge >= 0.3 is 0 Å². The molecule has 0 atom stereocenters. The van der Waals surface area contributed by atoms with Crippen LogP contribution in [-0.2, 0) is 4.79 Å². The Morgan fingerprint density at radius 1 is 1.11 bits per heavy atom. The van der Waals surface area contributed by atoms with Gasteiger partial charge in [-0.2, -0.15) is 0 Å². The Morgan fingerprint density at radius 3 is 2.21 bits per heavy atom. The van der Waals surface area contributed by atoms with Crippen LogP contribution in [0, 0.1) is 11.3 Å². The van der Waals surface area contributed by atoms with E-state index in [1.54, 1.807) is 0 Å². The van der Waals surface area contributed by atoms with Gasteiger partial charge in [0, 0.05) is 18.5 Å². The molecule has 3 nitrogen and oxygen atoms in total. The summed E-state index contributed by atoms with van der Waals surface area (Å²) in [4.78, 5) is 12.2. The zero-order valence-electron chi connectivity index (χ0n) is 12.8. The van der Waals surface area contributed by atoms with Gasteiger partial charge in [0.1, 0.15) is 0 Å². The van der Waals surface area contributed by atoms with E-state index in [1.165, 1.54) is 32.1 Å². The molecule has 0 unspecified atom stereocenters. The van der Waals surface area contributed by atoms with Crippen molar-refractivity contribution in [2.75, 3.05) is 13.6 Å². The first-order chi connectivity index (χ1) is 9.02. The molecule has 0 spiro atoms. The van der Waals surface area contributed by atoms with Crippen LogP contribution < -0.4 is 10.6 Å². The molecule has 110 valence electrons. The van der Waals surface area contributed by atoms with Crippen LogP contribution in [0.4, 0.5) is 0 Å². The van der Waals surface area contributed by atoms with E-state index in [0.717, 1.165) is 19.4 Å². The van der Waals surface area contributed by atoms with Crippen molar-refractivity contribution in [3.63, 3.8) is 0 Å². The molecule has 19 heavy (non-hydrogen) atoms. The van der Waals surface area contributed by atoms with Crippen LogP contribution in [0.3, 0.4) is 0 Å². The molecule has 2 fully saturated rings. The standard InChI is InChI=1S/C16H30N2O/c1-13(2)15(9-10-15)12-18-14(19)11-16(17-3)7-5-4-6-8-16/h13,17H,4-12H2,1-3H3,(H,18,19). The van der Waals surface area contributed by atoms with Gasteiger partial charge in [0.2, 0.25) is 5.91 Å². The van der Waals surface area contributed by atoms with Gasteiger partial charge in [-0.25, -0.2) is 0 Å². The van der Waals surface area contributed by atoms with Gasteiger partial charge in [0.05, 0.1) is 0 Å². The number of rotatable bonds is 6. The molecule has 3 heteroatoms. The van der Waals surface area contributed by atoms with Gasteiger partial charge in [-0.3, -0.25) is 4.79 Å². The number of nitrogens with one attached hydrogen (secondary N) is 2. The highest BCUT2D eigenvalue weighted by atomic mass is 16.1. The third-order valence-corrected chi connectivity index (χ3v) is 5.59. The first kappa shape index (κ1) is 14.8. The maximum absolute atomic E-state index is 12.2. The number of carbonyl (C=O) groups excluding carboxylic acids is 1. The van der Waals surface area contributed by atoms with Crippen molar-refractivity contribution < 1.29 is 4.79 Å². The molecule has 0 aromatic rings. The highest BCUT2D eigenvalue weighted by Gasteiger charge is 2.45. The van der Waals surface area contributed by atoms with Crippen LogP contribution in [0.2, 0.25) is 0 Å². The molecule has 0 radical (unpaired) electrons. The summed E-state index contributed by atoms with van der Waals surface area (Å²) in [5.41, 5.74) is 0.478. The van der Waals surface area contributed by atoms with E-state index >= 15 is 0 Å². The average molecular weight is 266 g/mol. The van der Waals surface area contributed by atoms with Gasteiger partial charge in [-0.05, 0) is 44.1 Å². The third kappa shape index (κ3) is 3.50. The van der Waals surface area contributed by atoms with E-state index < -0.39 is 0 Å². The predicted molar refractivity (Wildman–Crippen MR) is 79.0 cm³/mol. The molecule has 0 aromatic carbocycles. The number of amides is 1. The lowest BCUT2D eigenvalue weighted by atomic mass is 9.79. The summed E-state index contributed by atoms with van der Waals surface area (Å²) >= 11 is 0. The van der Waals surface area contributed by atoms with E-state index in [0.29, 0.717) is 17.8 Å². The first-order valence-corrected chi connectivity index (χ1v) is 7.98. The third-order valence-electron chi connectivity index (χ3n) is 5.59. The van der Waals surface area contributed by atoms with Gasteiger partial charge in [-0.15, -0.1) is 0 Å². The molecule has 2 aliphatic carbocycles. The fraction of sp³-hybridized carbons (Fsp3) is 0.938. The molecule has 1 amide bonds. The smallest absolute Gasteiger partial charge is 0.221 e. The Hall–Kier alpha value is -0.570. The topological polar surface area (TPSA) is 41.1 Å². The summed E-state index contributed by atoms with van der Waals surface area (Å²) in [5, 5.41) is 6.62. The summed E-state index contributed by atoms with van der Waals surface area (Å²) < 4.78 is 0. The maximum Gasteiger partial charge on any atom is 0.221 e. The Balaban J connectivity index is 1.80. The zero-order chi connectivity index (χ0) is 13.9. The van der Waals surface area contributed by atoms with E-state index in [-0.39, 0.29) is 11.4 Å². The molecule has 0 aliphatic heterocycles. The van der Waals surface area contributed by atoms with Crippen LogP contribution in [0.5, 0.6) is 0 Å². The molecule has 0 heterocycles. The van der Waals surface area contributed by atoms with Crippen LogP contribution in [-0.4, -0.2) is 25.0 Å². The second kappa shape index (κ2) is 5.82. The summed E-state index contributed by atoms with van der Waals surface area (Å²) in [6.45, 7) is 5.42. The quantitative estimate of drug-likeness (QED) is 0.776. The van der Waals surface area contributed by atoms with Gasteiger partial charge in [-0.1, -0.05) is 33.1 Å². The van der Waals surface area contributed by atoms with Crippen LogP contribution in [0.15, 0.2) is 0 Å². The summed E-state index contributed by atoms with van der Waals surface area (Å²) in [6, 6.07) is 0. The van der Waals surface area contributed by atoms with E-state index in [4.69, 9.17) is 0 Å². The van der Waals surface area contributed by atoms with Crippen molar-refractivity contribution in [2.45, 2.75) is 70.8 Å². The molecular formula is C16H30N2O. The van der Waals surface area contributed by atoms with Crippen molar-refractivity contribution >= 4 is 5.91 Å². The minimum atomic E-state index is 0.0663. The van der Waals surface area contributed by atoms with Crippen LogP contribution >= 0.6 is 0 Å². The fourth-order valence-electron chi connectivity index (χ4n) is 3.51. The van der Waals surface area contributed by atoms with Crippen molar-refractivity contribution in [1.29, 1.82) is 0 Å². The van der Waals surface area contributed by atoms with Gasteiger partial charge in [0.15, 0.2) is 0 Å². The molecular weight excluding hydrogens is 236 g/mol. The maximum atomic E-state index is 12.2. The fourth-order valence-corrected chi connectivity index (χ4v) is 3.51. The summed E-state index contributed by atoms with van der Waals surface area (Å²) in [5.74, 6) is 0.920. The summed E-state index contributed by atoms with van der Waals surface area (Å²) in [7, 11) is 2.01. The highest BCUT2D eigenvalue weighted by molar-refractivity contribution is 5.77. The van der Waals surface area contributed by atoms with Gasteiger partial charge < -0.3 is 10.6 Å². The molecule has 2 aliphatic rings. The van der Waals surface area contributed by atoms with Gasteiger partial charge in [0.25, 0.3) is 0 Å². The van der Waals surface area contributed by atoms with E-state index in [2.05, 4.69) is 24.5 Å². The minimum absolute atomic E-state index is 0.0663. The second-order valence-electron chi connectivity index (χ2n) is 7.06. The van der Waals surface area contributed by atoms with E-state index in [1.807, 2.05) is 7.05 Å². The molecule has 0 saturated heterocycles. The molecule has 0 aromatic heterocycles. The van der Waals surface area contributed by atoms with Crippen molar-refractivity contribution in [1.82, 2.24) is 10.6 Å². The largest absolute Gasteiger partial charge is 0.355 e. The Morgan fingerprint density at radius 2 is 1.74 bits per heavy atom. The highest BCUT2D eigenvalue weighted by Crippen LogP contribution is 2.51. The molecule has 2 saturated carbocycles. The zero-order valence-corrected chi connectivity index (χ0v) is 12.8. The van der Waals surface area contributed by atoms with E-state index in [9.17, 15) is 4.79 Å². The number of hydrogen-bond donors (Lipinski definition) is 2. The van der Waals surface area contributed by atoms with Crippen LogP contribution in [0.1, 0.15) is 65.2 Å². The summed E-state index contributed by atoms with van der Waals surface area (Å²) in [6.07, 6.45) is 9.33. The Labute approximate surface area is 117 Å². The van der Waals surface area contributed by atoms with Crippen molar-refractivity contribution in [3.8, 4) is 0 Å². The molecule has 2 N–H and O–H groups in total. The van der Waals surface area contributed by atoms with Crippen molar-refractivity contribution in [3.05, 3.63) is 0 Å². The minimum Gasteiger partial charge on any atom is -0.355 e. The van der Waals surface area contributed by atoms with Crippen molar-refractivity contribution in [2.24, 2.45) is 11.3 Å². The monoisotopic (exact) mass is 266 g/mol. The Bertz CT molecular complexity index is 315. The lowest BCUT2D eigenvalue weighted by molar-refractivity contribution is -0.123. The Kier molecular flexibility index (Phi) is 4.54. The second-order valence-corrected chi connectivity index (χ2v) is 7.06. The predicted octanol–water partition coefficient (Wildman–Crippen LogP) is 2.85.